The molecule has 1 rings (SSSR count). The number of carbonyl (C=O) groups excluding carboxylic acids is 2. The lowest BCUT2D eigenvalue weighted by atomic mass is 10.0. The van der Waals surface area contributed by atoms with Crippen molar-refractivity contribution in [2.45, 2.75) is 122 Å². The molecule has 0 atom stereocenters. The summed E-state index contributed by atoms with van der Waals surface area (Å²) in [4.78, 5) is 24.7. The zero-order valence-electron chi connectivity index (χ0n) is 17.8. The number of ether oxygens (including phenoxy) is 1. The Kier molecular flexibility index (Phi) is 15.2. The van der Waals surface area contributed by atoms with Gasteiger partial charge in [-0.2, -0.15) is 0 Å². The van der Waals surface area contributed by atoms with Crippen molar-refractivity contribution >= 4 is 11.9 Å². The summed E-state index contributed by atoms with van der Waals surface area (Å²) < 4.78 is 5.18. The van der Waals surface area contributed by atoms with Gasteiger partial charge in [0, 0.05) is 19.4 Å². The molecule has 1 saturated heterocycles. The predicted molar refractivity (Wildman–Crippen MR) is 111 cm³/mol. The molecule has 0 radical (unpaired) electrons. The highest BCUT2D eigenvalue weighted by Gasteiger charge is 2.20. The van der Waals surface area contributed by atoms with Crippen LogP contribution in [0.25, 0.3) is 0 Å². The normalized spacial score (nSPS) is 14.1. The maximum absolute atomic E-state index is 11.7. The molecule has 0 aromatic heterocycles. The van der Waals surface area contributed by atoms with E-state index in [0.717, 1.165) is 25.8 Å². The number of unbranched alkanes of at least 4 members (excludes halogenated alkanes) is 14. The Morgan fingerprint density at radius 3 is 1.74 bits per heavy atom. The van der Waals surface area contributed by atoms with Gasteiger partial charge in [0.05, 0.1) is 0 Å². The van der Waals surface area contributed by atoms with E-state index >= 15 is 0 Å². The van der Waals surface area contributed by atoms with Gasteiger partial charge in [-0.3, -0.25) is 9.59 Å². The molecule has 158 valence electrons. The number of amides is 1. The molecule has 1 amide bonds. The lowest BCUT2D eigenvalue weighted by Crippen LogP contribution is -2.28. The van der Waals surface area contributed by atoms with Crippen molar-refractivity contribution in [3.63, 3.8) is 0 Å². The Hall–Kier alpha value is -1.06. The van der Waals surface area contributed by atoms with Gasteiger partial charge in [-0.1, -0.05) is 96.8 Å². The standard InChI is InChI=1S/C23H43NO3/c1-2-3-4-5-6-7-8-9-10-11-12-13-14-15-16-19-23(26)27-21-24-20-17-18-22(24)25/h2-21H2,1H3. The molecule has 0 aromatic carbocycles. The van der Waals surface area contributed by atoms with Gasteiger partial charge < -0.3 is 9.64 Å². The van der Waals surface area contributed by atoms with Gasteiger partial charge in [0.2, 0.25) is 5.91 Å². The molecular weight excluding hydrogens is 338 g/mol. The molecule has 4 nitrogen and oxygen atoms in total. The number of likely N-dealkylation sites (tertiary alicyclic amines) is 1. The summed E-state index contributed by atoms with van der Waals surface area (Å²) in [7, 11) is 0. The topological polar surface area (TPSA) is 46.6 Å². The molecule has 0 saturated carbocycles. The molecule has 1 aliphatic rings. The minimum absolute atomic E-state index is 0.106. The Morgan fingerprint density at radius 1 is 0.815 bits per heavy atom. The van der Waals surface area contributed by atoms with E-state index in [1.165, 1.54) is 83.5 Å². The van der Waals surface area contributed by atoms with E-state index in [-0.39, 0.29) is 18.6 Å². The lowest BCUT2D eigenvalue weighted by molar-refractivity contribution is -0.151. The van der Waals surface area contributed by atoms with Crippen LogP contribution in [0.2, 0.25) is 0 Å². The number of nitrogens with zero attached hydrogens (tertiary/aromatic N) is 1. The second-order valence-corrected chi connectivity index (χ2v) is 8.11. The second-order valence-electron chi connectivity index (χ2n) is 8.11. The SMILES string of the molecule is CCCCCCCCCCCCCCCCCC(=O)OCN1CCCC1=O. The summed E-state index contributed by atoms with van der Waals surface area (Å²) in [5, 5.41) is 0. The van der Waals surface area contributed by atoms with Gasteiger partial charge >= 0.3 is 5.97 Å². The van der Waals surface area contributed by atoms with Crippen molar-refractivity contribution in [2.75, 3.05) is 13.3 Å². The highest BCUT2D eigenvalue weighted by Crippen LogP contribution is 2.14. The van der Waals surface area contributed by atoms with E-state index in [1.807, 2.05) is 0 Å². The number of rotatable bonds is 18. The van der Waals surface area contributed by atoms with Crippen molar-refractivity contribution in [3.8, 4) is 0 Å². The number of carbonyl (C=O) groups is 2. The lowest BCUT2D eigenvalue weighted by Gasteiger charge is -2.15. The molecule has 0 spiro atoms. The van der Waals surface area contributed by atoms with Crippen molar-refractivity contribution in [1.29, 1.82) is 0 Å². The Balaban J connectivity index is 1.75. The van der Waals surface area contributed by atoms with Crippen LogP contribution in [0.15, 0.2) is 0 Å². The van der Waals surface area contributed by atoms with Crippen molar-refractivity contribution in [3.05, 3.63) is 0 Å². The zero-order chi connectivity index (χ0) is 19.6. The fourth-order valence-electron chi connectivity index (χ4n) is 3.70. The Morgan fingerprint density at radius 2 is 1.30 bits per heavy atom. The van der Waals surface area contributed by atoms with Crippen LogP contribution in [0.1, 0.15) is 122 Å². The maximum atomic E-state index is 11.7. The van der Waals surface area contributed by atoms with Gasteiger partial charge in [0.25, 0.3) is 0 Å². The molecule has 0 aliphatic carbocycles. The van der Waals surface area contributed by atoms with E-state index in [1.54, 1.807) is 4.90 Å². The third-order valence-electron chi connectivity index (χ3n) is 5.54. The summed E-state index contributed by atoms with van der Waals surface area (Å²) in [6, 6.07) is 0. The quantitative estimate of drug-likeness (QED) is 0.205. The average molecular weight is 382 g/mol. The summed E-state index contributed by atoms with van der Waals surface area (Å²) in [5.74, 6) is -0.0563. The minimum Gasteiger partial charge on any atom is -0.444 e. The van der Waals surface area contributed by atoms with Gasteiger partial charge in [0.1, 0.15) is 0 Å². The Labute approximate surface area is 167 Å². The summed E-state index contributed by atoms with van der Waals surface area (Å²) in [5.41, 5.74) is 0. The summed E-state index contributed by atoms with van der Waals surface area (Å²) in [6.07, 6.45) is 21.8. The van der Waals surface area contributed by atoms with Crippen LogP contribution in [-0.4, -0.2) is 30.1 Å². The fourth-order valence-corrected chi connectivity index (χ4v) is 3.70. The molecule has 1 aliphatic heterocycles. The fraction of sp³-hybridized carbons (Fsp3) is 0.913. The van der Waals surface area contributed by atoms with Crippen molar-refractivity contribution < 1.29 is 14.3 Å². The average Bonchev–Trinajstić information content (AvgIpc) is 3.08. The van der Waals surface area contributed by atoms with Crippen LogP contribution in [0.3, 0.4) is 0 Å². The second kappa shape index (κ2) is 17.1. The van der Waals surface area contributed by atoms with Crippen molar-refractivity contribution in [1.82, 2.24) is 4.90 Å². The smallest absolute Gasteiger partial charge is 0.307 e. The number of hydrogen-bond donors (Lipinski definition) is 0. The molecule has 0 N–H and O–H groups in total. The summed E-state index contributed by atoms with van der Waals surface area (Å²) >= 11 is 0. The van der Waals surface area contributed by atoms with Crippen LogP contribution < -0.4 is 0 Å². The van der Waals surface area contributed by atoms with Gasteiger partial charge in [0.15, 0.2) is 6.73 Å². The first-order valence-corrected chi connectivity index (χ1v) is 11.7. The summed E-state index contributed by atoms with van der Waals surface area (Å²) in [6.45, 7) is 3.15. The zero-order valence-corrected chi connectivity index (χ0v) is 17.8. The first kappa shape index (κ1) is 24.0. The first-order chi connectivity index (χ1) is 13.2. The van der Waals surface area contributed by atoms with E-state index < -0.39 is 0 Å². The molecule has 0 unspecified atom stereocenters. The van der Waals surface area contributed by atoms with E-state index in [9.17, 15) is 9.59 Å². The molecule has 1 heterocycles. The minimum atomic E-state index is -0.163. The molecule has 1 fully saturated rings. The molecule has 0 aromatic rings. The third kappa shape index (κ3) is 13.7. The van der Waals surface area contributed by atoms with Crippen LogP contribution in [-0.2, 0) is 14.3 Å². The largest absolute Gasteiger partial charge is 0.444 e. The van der Waals surface area contributed by atoms with Crippen LogP contribution in [0, 0.1) is 0 Å². The molecule has 4 heteroatoms. The van der Waals surface area contributed by atoms with Crippen LogP contribution >= 0.6 is 0 Å². The van der Waals surface area contributed by atoms with E-state index in [2.05, 4.69) is 6.92 Å². The van der Waals surface area contributed by atoms with E-state index in [4.69, 9.17) is 4.74 Å². The van der Waals surface area contributed by atoms with E-state index in [0.29, 0.717) is 12.8 Å². The van der Waals surface area contributed by atoms with Crippen molar-refractivity contribution in [2.24, 2.45) is 0 Å². The maximum Gasteiger partial charge on any atom is 0.307 e. The molecular formula is C23H43NO3. The van der Waals surface area contributed by atoms with Crippen LogP contribution in [0.4, 0.5) is 0 Å². The highest BCUT2D eigenvalue weighted by molar-refractivity contribution is 5.78. The first-order valence-electron chi connectivity index (χ1n) is 11.7. The number of hydrogen-bond acceptors (Lipinski definition) is 3. The third-order valence-corrected chi connectivity index (χ3v) is 5.54. The Bertz CT molecular complexity index is 384. The van der Waals surface area contributed by atoms with Crippen LogP contribution in [0.5, 0.6) is 0 Å². The number of esters is 1. The predicted octanol–water partition coefficient (Wildman–Crippen LogP) is 6.37. The van der Waals surface area contributed by atoms with Gasteiger partial charge in [-0.05, 0) is 12.8 Å². The monoisotopic (exact) mass is 381 g/mol. The van der Waals surface area contributed by atoms with Gasteiger partial charge in [-0.15, -0.1) is 0 Å². The molecule has 0 bridgehead atoms. The highest BCUT2D eigenvalue weighted by atomic mass is 16.5. The molecule has 27 heavy (non-hydrogen) atoms. The van der Waals surface area contributed by atoms with Gasteiger partial charge in [-0.25, -0.2) is 0 Å².